The molecule has 0 unspecified atom stereocenters. The van der Waals surface area contributed by atoms with Crippen molar-refractivity contribution in [1.82, 2.24) is 24.4 Å². The monoisotopic (exact) mass is 524 g/mol. The molecule has 10 nitrogen and oxygen atoms in total. The van der Waals surface area contributed by atoms with Crippen molar-refractivity contribution in [1.29, 1.82) is 0 Å². The molecule has 192 valence electrons. The van der Waals surface area contributed by atoms with Crippen LogP contribution in [-0.4, -0.2) is 70.8 Å². The van der Waals surface area contributed by atoms with Crippen LogP contribution in [0, 0.1) is 5.82 Å². The molecule has 3 heterocycles. The van der Waals surface area contributed by atoms with Gasteiger partial charge >= 0.3 is 6.03 Å². The first kappa shape index (κ1) is 24.7. The normalized spacial score (nSPS) is 14.1. The van der Waals surface area contributed by atoms with Crippen molar-refractivity contribution in [2.45, 2.75) is 6.54 Å². The van der Waals surface area contributed by atoms with Gasteiger partial charge in [0.15, 0.2) is 5.01 Å². The van der Waals surface area contributed by atoms with E-state index in [1.807, 2.05) is 0 Å². The molecule has 2 amide bonds. The van der Waals surface area contributed by atoms with Crippen LogP contribution in [0.1, 0.15) is 5.69 Å². The summed E-state index contributed by atoms with van der Waals surface area (Å²) in [6.45, 7) is 2.75. The number of halogens is 1. The maximum Gasteiger partial charge on any atom is 0.321 e. The van der Waals surface area contributed by atoms with Gasteiger partial charge in [-0.15, -0.1) is 0 Å². The lowest BCUT2D eigenvalue weighted by atomic mass is 10.2. The van der Waals surface area contributed by atoms with Crippen molar-refractivity contribution < 1.29 is 18.7 Å². The fraction of sp³-hybridized carbons (Fsp3) is 0.280. The average molecular weight is 525 g/mol. The number of nitrogens with one attached hydrogen (secondary N) is 1. The molecule has 12 heteroatoms. The summed E-state index contributed by atoms with van der Waals surface area (Å²) in [5, 5.41) is 7.55. The van der Waals surface area contributed by atoms with Crippen molar-refractivity contribution in [2.75, 3.05) is 45.7 Å². The summed E-state index contributed by atoms with van der Waals surface area (Å²) in [5.74, 6) is 0.769. The Morgan fingerprint density at radius 2 is 1.76 bits per heavy atom. The van der Waals surface area contributed by atoms with Gasteiger partial charge in [0.05, 0.1) is 19.9 Å². The topological polar surface area (TPSA) is 101 Å². The number of carbonyl (C=O) groups excluding carboxylic acids is 1. The number of rotatable bonds is 6. The van der Waals surface area contributed by atoms with E-state index in [1.54, 1.807) is 55.5 Å². The molecular formula is C25H25FN6O4S. The highest BCUT2D eigenvalue weighted by Gasteiger charge is 2.22. The van der Waals surface area contributed by atoms with Gasteiger partial charge < -0.3 is 19.7 Å². The third kappa shape index (κ3) is 5.39. The number of fused-ring (bicyclic) bond motifs is 1. The molecule has 1 aliphatic rings. The molecule has 0 radical (unpaired) electrons. The summed E-state index contributed by atoms with van der Waals surface area (Å²) < 4.78 is 25.9. The number of methoxy groups -OCH3 is 2. The average Bonchev–Trinajstić information content (AvgIpc) is 3.33. The summed E-state index contributed by atoms with van der Waals surface area (Å²) in [4.78, 5) is 34.3. The van der Waals surface area contributed by atoms with E-state index in [0.717, 1.165) is 0 Å². The van der Waals surface area contributed by atoms with Crippen molar-refractivity contribution in [3.63, 3.8) is 0 Å². The zero-order valence-electron chi connectivity index (χ0n) is 20.3. The van der Waals surface area contributed by atoms with Crippen molar-refractivity contribution >= 4 is 28.0 Å². The maximum absolute atomic E-state index is 14.2. The first-order valence-corrected chi connectivity index (χ1v) is 12.4. The van der Waals surface area contributed by atoms with Gasteiger partial charge in [-0.25, -0.2) is 14.2 Å². The number of ether oxygens (including phenoxy) is 2. The number of piperazine rings is 1. The third-order valence-electron chi connectivity index (χ3n) is 6.05. The summed E-state index contributed by atoms with van der Waals surface area (Å²) in [6, 6.07) is 12.7. The lowest BCUT2D eigenvalue weighted by molar-refractivity contribution is 0.142. The van der Waals surface area contributed by atoms with Gasteiger partial charge in [-0.3, -0.25) is 9.69 Å². The van der Waals surface area contributed by atoms with Crippen LogP contribution in [0.15, 0.2) is 53.3 Å². The Hall–Kier alpha value is -4.03. The molecule has 1 aliphatic heterocycles. The Morgan fingerprint density at radius 1 is 1.05 bits per heavy atom. The second-order valence-corrected chi connectivity index (χ2v) is 9.42. The van der Waals surface area contributed by atoms with E-state index in [2.05, 4.69) is 20.3 Å². The van der Waals surface area contributed by atoms with Crippen molar-refractivity contribution in [3.05, 3.63) is 70.4 Å². The number of benzene rings is 2. The maximum atomic E-state index is 14.2. The lowest BCUT2D eigenvalue weighted by Crippen LogP contribution is -2.49. The fourth-order valence-electron chi connectivity index (χ4n) is 4.10. The van der Waals surface area contributed by atoms with E-state index in [-0.39, 0.29) is 11.6 Å². The molecule has 1 N–H and O–H groups in total. The van der Waals surface area contributed by atoms with Crippen LogP contribution >= 0.6 is 11.3 Å². The van der Waals surface area contributed by atoms with Crippen molar-refractivity contribution in [2.24, 2.45) is 0 Å². The minimum Gasteiger partial charge on any atom is -0.497 e. The summed E-state index contributed by atoms with van der Waals surface area (Å²) >= 11 is 1.17. The number of hydrogen-bond acceptors (Lipinski definition) is 8. The van der Waals surface area contributed by atoms with Crippen LogP contribution in [0.25, 0.3) is 15.5 Å². The van der Waals surface area contributed by atoms with Gasteiger partial charge in [-0.05, 0) is 12.1 Å². The molecule has 0 spiro atoms. The van der Waals surface area contributed by atoms with Gasteiger partial charge in [-0.2, -0.15) is 9.61 Å². The molecule has 0 aliphatic carbocycles. The van der Waals surface area contributed by atoms with Crippen LogP contribution in [0.3, 0.4) is 0 Å². The number of nitrogens with zero attached hydrogens (tertiary/aromatic N) is 5. The zero-order valence-corrected chi connectivity index (χ0v) is 21.1. The van der Waals surface area contributed by atoms with Crippen LogP contribution in [-0.2, 0) is 6.54 Å². The van der Waals surface area contributed by atoms with E-state index in [1.165, 1.54) is 28.0 Å². The van der Waals surface area contributed by atoms with E-state index in [9.17, 15) is 14.0 Å². The Morgan fingerprint density at radius 3 is 2.43 bits per heavy atom. The number of anilines is 1. The van der Waals surface area contributed by atoms with E-state index in [4.69, 9.17) is 9.47 Å². The third-order valence-corrected chi connectivity index (χ3v) is 6.99. The molecule has 37 heavy (non-hydrogen) atoms. The Balaban J connectivity index is 1.22. The highest BCUT2D eigenvalue weighted by Crippen LogP contribution is 2.27. The molecule has 0 bridgehead atoms. The molecule has 0 atom stereocenters. The van der Waals surface area contributed by atoms with Crippen LogP contribution in [0.2, 0.25) is 0 Å². The summed E-state index contributed by atoms with van der Waals surface area (Å²) in [7, 11) is 3.11. The predicted molar refractivity (Wildman–Crippen MR) is 138 cm³/mol. The zero-order chi connectivity index (χ0) is 25.9. The van der Waals surface area contributed by atoms with Gasteiger partial charge in [0, 0.05) is 68.2 Å². The largest absolute Gasteiger partial charge is 0.497 e. The molecule has 2 aromatic heterocycles. The number of amides is 2. The number of urea groups is 1. The van der Waals surface area contributed by atoms with Crippen LogP contribution < -0.4 is 20.3 Å². The van der Waals surface area contributed by atoms with Gasteiger partial charge in [0.25, 0.3) is 5.56 Å². The molecule has 1 saturated heterocycles. The van der Waals surface area contributed by atoms with E-state index in [0.29, 0.717) is 71.1 Å². The standard InChI is InChI=1S/C25H25FN6O4S/c1-35-18-11-16(12-19(14-18)36-2)27-24(34)31-9-7-30(8-10-31)15-17-13-22(33)32-25(28-17)37-23(29-32)20-5-3-4-6-21(20)26/h3-6,11-14H,7-10,15H2,1-2H3,(H,27,34). The van der Waals surface area contributed by atoms with E-state index >= 15 is 0 Å². The Bertz CT molecular complexity index is 1480. The molecule has 5 rings (SSSR count). The predicted octanol–water partition coefficient (Wildman–Crippen LogP) is 3.32. The quantitative estimate of drug-likeness (QED) is 0.413. The number of carbonyl (C=O) groups is 1. The highest BCUT2D eigenvalue weighted by atomic mass is 32.1. The van der Waals surface area contributed by atoms with Gasteiger partial charge in [0.2, 0.25) is 4.96 Å². The molecular weight excluding hydrogens is 499 g/mol. The van der Waals surface area contributed by atoms with E-state index < -0.39 is 5.82 Å². The SMILES string of the molecule is COc1cc(NC(=O)N2CCN(Cc3cc(=O)n4nc(-c5ccccc5F)sc4n3)CC2)cc(OC)c1. The van der Waals surface area contributed by atoms with Crippen molar-refractivity contribution in [3.8, 4) is 22.1 Å². The lowest BCUT2D eigenvalue weighted by Gasteiger charge is -2.34. The molecule has 1 fully saturated rings. The van der Waals surface area contributed by atoms with Gasteiger partial charge in [0.1, 0.15) is 17.3 Å². The smallest absolute Gasteiger partial charge is 0.321 e. The summed E-state index contributed by atoms with van der Waals surface area (Å²) in [5.41, 5.74) is 1.21. The second-order valence-electron chi connectivity index (χ2n) is 8.46. The molecule has 0 saturated carbocycles. The Kier molecular flexibility index (Phi) is 7.01. The minimum absolute atomic E-state index is 0.210. The van der Waals surface area contributed by atoms with Gasteiger partial charge in [-0.1, -0.05) is 23.5 Å². The molecule has 4 aromatic rings. The number of hydrogen-bond donors (Lipinski definition) is 1. The second kappa shape index (κ2) is 10.5. The first-order chi connectivity index (χ1) is 17.9. The fourth-order valence-corrected chi connectivity index (χ4v) is 5.05. The number of aromatic nitrogens is 3. The minimum atomic E-state index is -0.401. The Labute approximate surface area is 215 Å². The first-order valence-electron chi connectivity index (χ1n) is 11.6. The van der Waals surface area contributed by atoms with Crippen LogP contribution in [0.5, 0.6) is 11.5 Å². The highest BCUT2D eigenvalue weighted by molar-refractivity contribution is 7.19. The molecule has 2 aromatic carbocycles. The van der Waals surface area contributed by atoms with Crippen LogP contribution in [0.4, 0.5) is 14.9 Å². The summed E-state index contributed by atoms with van der Waals surface area (Å²) in [6.07, 6.45) is 0.